The van der Waals surface area contributed by atoms with Crippen LogP contribution in [0.4, 0.5) is 5.95 Å². The average Bonchev–Trinajstić information content (AvgIpc) is 2.93. The van der Waals surface area contributed by atoms with Crippen LogP contribution in [0.5, 0.6) is 0 Å². The number of thioether (sulfide) groups is 1. The van der Waals surface area contributed by atoms with Crippen LogP contribution in [0.1, 0.15) is 16.1 Å². The minimum absolute atomic E-state index is 0.121. The van der Waals surface area contributed by atoms with E-state index in [9.17, 15) is 9.59 Å². The van der Waals surface area contributed by atoms with Crippen LogP contribution in [0.3, 0.4) is 0 Å². The maximum Gasteiger partial charge on any atom is 0.338 e. The number of carbonyl (C=O) groups is 1. The highest BCUT2D eigenvalue weighted by atomic mass is 32.2. The van der Waals surface area contributed by atoms with E-state index in [0.717, 1.165) is 4.90 Å². The molecule has 3 rings (SSSR count). The van der Waals surface area contributed by atoms with E-state index < -0.39 is 5.97 Å². The quantitative estimate of drug-likeness (QED) is 0.543. The molecule has 0 aliphatic carbocycles. The number of nitrogen functional groups attached to an aromatic ring is 1. The van der Waals surface area contributed by atoms with Crippen LogP contribution in [0.15, 0.2) is 40.0 Å². The maximum absolute atomic E-state index is 12.0. The van der Waals surface area contributed by atoms with Gasteiger partial charge in [0.2, 0.25) is 5.95 Å². The van der Waals surface area contributed by atoms with Crippen molar-refractivity contribution in [3.8, 4) is 0 Å². The molecule has 3 N–H and O–H groups in total. The van der Waals surface area contributed by atoms with Gasteiger partial charge in [-0.05, 0) is 12.1 Å². The van der Waals surface area contributed by atoms with Gasteiger partial charge in [-0.2, -0.15) is 9.50 Å². The summed E-state index contributed by atoms with van der Waals surface area (Å²) in [5.41, 5.74) is 6.25. The van der Waals surface area contributed by atoms with Gasteiger partial charge in [0, 0.05) is 16.7 Å². The van der Waals surface area contributed by atoms with Crippen molar-refractivity contribution in [3.63, 3.8) is 0 Å². The van der Waals surface area contributed by atoms with Gasteiger partial charge in [0.05, 0.1) is 18.4 Å². The Morgan fingerprint density at radius 2 is 2.17 bits per heavy atom. The molecular formula is C14H13N5O3S. The number of ether oxygens (including phenoxy) is 1. The first-order valence-corrected chi connectivity index (χ1v) is 7.61. The van der Waals surface area contributed by atoms with Crippen molar-refractivity contribution in [2.24, 2.45) is 0 Å². The topological polar surface area (TPSA) is 115 Å². The lowest BCUT2D eigenvalue weighted by molar-refractivity contribution is 0.0597. The Morgan fingerprint density at radius 3 is 2.96 bits per heavy atom. The second kappa shape index (κ2) is 6.13. The van der Waals surface area contributed by atoms with Gasteiger partial charge in [-0.3, -0.25) is 9.89 Å². The third kappa shape index (κ3) is 3.04. The van der Waals surface area contributed by atoms with Crippen LogP contribution in [-0.2, 0) is 10.5 Å². The van der Waals surface area contributed by atoms with Crippen molar-refractivity contribution < 1.29 is 9.53 Å². The fourth-order valence-electron chi connectivity index (χ4n) is 2.04. The Morgan fingerprint density at radius 1 is 1.39 bits per heavy atom. The van der Waals surface area contributed by atoms with Gasteiger partial charge in [-0.1, -0.05) is 12.1 Å². The number of benzene rings is 1. The fourth-order valence-corrected chi connectivity index (χ4v) is 2.97. The van der Waals surface area contributed by atoms with Crippen molar-refractivity contribution in [1.82, 2.24) is 19.6 Å². The molecule has 23 heavy (non-hydrogen) atoms. The number of esters is 1. The van der Waals surface area contributed by atoms with Gasteiger partial charge in [-0.25, -0.2) is 9.78 Å². The average molecular weight is 331 g/mol. The summed E-state index contributed by atoms with van der Waals surface area (Å²) >= 11 is 1.39. The van der Waals surface area contributed by atoms with E-state index in [1.54, 1.807) is 12.1 Å². The van der Waals surface area contributed by atoms with E-state index >= 15 is 0 Å². The SMILES string of the molecule is COC(=O)c1ccccc1SCc1cc(=O)n2[nH]c(N)nc2n1. The molecule has 0 aliphatic heterocycles. The molecule has 0 saturated carbocycles. The summed E-state index contributed by atoms with van der Waals surface area (Å²) in [7, 11) is 1.34. The van der Waals surface area contributed by atoms with Crippen LogP contribution in [-0.4, -0.2) is 32.7 Å². The number of nitrogens with one attached hydrogen (secondary N) is 1. The number of nitrogens with zero attached hydrogens (tertiary/aromatic N) is 3. The minimum Gasteiger partial charge on any atom is -0.465 e. The Balaban J connectivity index is 1.87. The van der Waals surface area contributed by atoms with E-state index in [-0.39, 0.29) is 17.3 Å². The lowest BCUT2D eigenvalue weighted by Gasteiger charge is -2.06. The number of aromatic amines is 1. The predicted molar refractivity (Wildman–Crippen MR) is 85.4 cm³/mol. The van der Waals surface area contributed by atoms with Crippen LogP contribution < -0.4 is 11.3 Å². The standard InChI is InChI=1S/C14H13N5O3S/c1-22-12(21)9-4-2-3-5-10(9)23-7-8-6-11(20)19-14(16-8)17-13(15)18-19/h2-6H,7H2,1H3,(H3,15,16,17,18). The summed E-state index contributed by atoms with van der Waals surface area (Å²) in [5, 5.41) is 2.60. The number of aromatic nitrogens is 4. The van der Waals surface area contributed by atoms with Gasteiger partial charge >= 0.3 is 5.97 Å². The highest BCUT2D eigenvalue weighted by molar-refractivity contribution is 7.98. The van der Waals surface area contributed by atoms with Crippen molar-refractivity contribution in [3.05, 3.63) is 51.9 Å². The molecule has 0 radical (unpaired) electrons. The molecule has 0 bridgehead atoms. The van der Waals surface area contributed by atoms with Crippen molar-refractivity contribution in [2.75, 3.05) is 12.8 Å². The Hall–Kier alpha value is -2.81. The number of carbonyl (C=O) groups excluding carboxylic acids is 1. The van der Waals surface area contributed by atoms with Gasteiger partial charge in [0.25, 0.3) is 11.3 Å². The van der Waals surface area contributed by atoms with Crippen LogP contribution in [0, 0.1) is 0 Å². The zero-order valence-corrected chi connectivity index (χ0v) is 13.0. The molecular weight excluding hydrogens is 318 g/mol. The van der Waals surface area contributed by atoms with Crippen LogP contribution >= 0.6 is 11.8 Å². The lowest BCUT2D eigenvalue weighted by Crippen LogP contribution is -2.15. The van der Waals surface area contributed by atoms with Gasteiger partial charge in [-0.15, -0.1) is 11.8 Å². The first-order chi connectivity index (χ1) is 11.1. The molecule has 0 fully saturated rings. The molecule has 0 unspecified atom stereocenters. The van der Waals surface area contributed by atoms with Crippen LogP contribution in [0.2, 0.25) is 0 Å². The van der Waals surface area contributed by atoms with Crippen LogP contribution in [0.25, 0.3) is 5.78 Å². The maximum atomic E-state index is 12.0. The molecule has 3 aromatic rings. The molecule has 0 amide bonds. The Bertz CT molecular complexity index is 934. The molecule has 0 spiro atoms. The van der Waals surface area contributed by atoms with E-state index in [4.69, 9.17) is 10.5 Å². The summed E-state index contributed by atoms with van der Waals surface area (Å²) in [4.78, 5) is 32.7. The normalized spacial score (nSPS) is 10.8. The molecule has 0 saturated heterocycles. The largest absolute Gasteiger partial charge is 0.465 e. The van der Waals surface area contributed by atoms with Crippen molar-refractivity contribution >= 4 is 29.5 Å². The summed E-state index contributed by atoms with van der Waals surface area (Å²) in [6.07, 6.45) is 0. The second-order valence-corrected chi connectivity index (χ2v) is 5.62. The molecule has 0 aliphatic rings. The monoisotopic (exact) mass is 331 g/mol. The lowest BCUT2D eigenvalue weighted by atomic mass is 10.2. The Labute approximate surface area is 134 Å². The summed E-state index contributed by atoms with van der Waals surface area (Å²) < 4.78 is 5.93. The number of methoxy groups -OCH3 is 1. The van der Waals surface area contributed by atoms with Gasteiger partial charge in [0.1, 0.15) is 0 Å². The van der Waals surface area contributed by atoms with Crippen molar-refractivity contribution in [2.45, 2.75) is 10.6 Å². The first-order valence-electron chi connectivity index (χ1n) is 6.63. The Kier molecular flexibility index (Phi) is 4.02. The smallest absolute Gasteiger partial charge is 0.338 e. The molecule has 1 aromatic carbocycles. The fraction of sp³-hybridized carbons (Fsp3) is 0.143. The minimum atomic E-state index is -0.406. The number of rotatable bonds is 4. The molecule has 2 heterocycles. The number of fused-ring (bicyclic) bond motifs is 1. The van der Waals surface area contributed by atoms with E-state index in [1.807, 2.05) is 12.1 Å². The highest BCUT2D eigenvalue weighted by Crippen LogP contribution is 2.26. The molecule has 2 aromatic heterocycles. The number of nitrogens with two attached hydrogens (primary N) is 1. The van der Waals surface area contributed by atoms with E-state index in [2.05, 4.69) is 15.1 Å². The zero-order valence-electron chi connectivity index (χ0n) is 12.1. The van der Waals surface area contributed by atoms with Gasteiger partial charge in [0.15, 0.2) is 0 Å². The van der Waals surface area contributed by atoms with E-state index in [1.165, 1.54) is 29.5 Å². The summed E-state index contributed by atoms with van der Waals surface area (Å²) in [6, 6.07) is 8.50. The third-order valence-corrected chi connectivity index (χ3v) is 4.18. The number of H-pyrrole nitrogens is 1. The molecule has 9 heteroatoms. The number of hydrogen-bond acceptors (Lipinski definition) is 7. The predicted octanol–water partition coefficient (Wildman–Crippen LogP) is 1.08. The van der Waals surface area contributed by atoms with E-state index in [0.29, 0.717) is 17.0 Å². The summed E-state index contributed by atoms with van der Waals surface area (Å²) in [6.45, 7) is 0. The number of anilines is 1. The molecule has 8 nitrogen and oxygen atoms in total. The highest BCUT2D eigenvalue weighted by Gasteiger charge is 2.12. The molecule has 0 atom stereocenters. The summed E-state index contributed by atoms with van der Waals surface area (Å²) in [5.74, 6) is 0.339. The van der Waals surface area contributed by atoms with Gasteiger partial charge < -0.3 is 10.5 Å². The third-order valence-electron chi connectivity index (χ3n) is 3.07. The second-order valence-electron chi connectivity index (χ2n) is 4.61. The van der Waals surface area contributed by atoms with Crippen molar-refractivity contribution in [1.29, 1.82) is 0 Å². The molecule has 118 valence electrons. The number of hydrogen-bond donors (Lipinski definition) is 2. The first kappa shape index (κ1) is 15.1. The zero-order chi connectivity index (χ0) is 16.4.